The number of nitrogens with zero attached hydrogens (tertiary/aromatic N) is 4. The molecule has 0 spiro atoms. The molecular formula is C15H13FN4O2. The van der Waals surface area contributed by atoms with Crippen LogP contribution in [0.4, 0.5) is 4.39 Å². The van der Waals surface area contributed by atoms with Crippen molar-refractivity contribution in [3.05, 3.63) is 59.4 Å². The second-order valence-corrected chi connectivity index (χ2v) is 4.65. The number of hydrogen-bond donors (Lipinski definition) is 0. The zero-order valence-electron chi connectivity index (χ0n) is 11.9. The predicted octanol–water partition coefficient (Wildman–Crippen LogP) is 2.18. The van der Waals surface area contributed by atoms with E-state index < -0.39 is 5.97 Å². The van der Waals surface area contributed by atoms with Gasteiger partial charge in [-0.3, -0.25) is 0 Å². The SMILES string of the molecule is CCc1c(C(=O)OCc2ccc(F)cc2)cnc2ncnn12. The molecule has 7 heteroatoms. The molecule has 0 bridgehead atoms. The van der Waals surface area contributed by atoms with E-state index in [0.717, 1.165) is 0 Å². The standard InChI is InChI=1S/C15H13FN4O2/c1-2-13-12(7-17-15-18-9-19-20(13)15)14(21)22-8-10-3-5-11(16)6-4-10/h3-7,9H,2,8H2,1H3. The van der Waals surface area contributed by atoms with Crippen molar-refractivity contribution in [2.45, 2.75) is 20.0 Å². The van der Waals surface area contributed by atoms with Crippen molar-refractivity contribution in [3.63, 3.8) is 0 Å². The van der Waals surface area contributed by atoms with Crippen LogP contribution in [0.2, 0.25) is 0 Å². The quantitative estimate of drug-likeness (QED) is 0.691. The topological polar surface area (TPSA) is 69.4 Å². The molecule has 2 heterocycles. The Morgan fingerprint density at radius 3 is 2.77 bits per heavy atom. The van der Waals surface area contributed by atoms with Crippen LogP contribution < -0.4 is 0 Å². The van der Waals surface area contributed by atoms with Gasteiger partial charge in [0.1, 0.15) is 18.8 Å². The van der Waals surface area contributed by atoms with Crippen molar-refractivity contribution < 1.29 is 13.9 Å². The Labute approximate surface area is 125 Å². The summed E-state index contributed by atoms with van der Waals surface area (Å²) in [4.78, 5) is 20.3. The number of fused-ring (bicyclic) bond motifs is 1. The van der Waals surface area contributed by atoms with Crippen LogP contribution in [-0.2, 0) is 17.8 Å². The second-order valence-electron chi connectivity index (χ2n) is 4.65. The van der Waals surface area contributed by atoms with E-state index in [2.05, 4.69) is 15.1 Å². The summed E-state index contributed by atoms with van der Waals surface area (Å²) in [5.41, 5.74) is 1.75. The zero-order chi connectivity index (χ0) is 15.5. The van der Waals surface area contributed by atoms with E-state index >= 15 is 0 Å². The highest BCUT2D eigenvalue weighted by Crippen LogP contribution is 2.13. The number of rotatable bonds is 4. The number of ether oxygens (including phenoxy) is 1. The smallest absolute Gasteiger partial charge is 0.341 e. The number of halogens is 1. The summed E-state index contributed by atoms with van der Waals surface area (Å²) in [6, 6.07) is 5.79. The van der Waals surface area contributed by atoms with Crippen molar-refractivity contribution in [2.75, 3.05) is 0 Å². The molecule has 1 aromatic carbocycles. The second kappa shape index (κ2) is 5.88. The molecule has 0 radical (unpaired) electrons. The fourth-order valence-electron chi connectivity index (χ4n) is 2.14. The minimum absolute atomic E-state index is 0.0671. The Morgan fingerprint density at radius 2 is 2.05 bits per heavy atom. The lowest BCUT2D eigenvalue weighted by molar-refractivity contribution is 0.0470. The molecular weight excluding hydrogens is 287 g/mol. The Morgan fingerprint density at radius 1 is 1.27 bits per heavy atom. The molecule has 0 unspecified atom stereocenters. The summed E-state index contributed by atoms with van der Waals surface area (Å²) in [5.74, 6) is -0.387. The molecule has 0 fully saturated rings. The molecule has 3 rings (SSSR count). The number of carbonyl (C=O) groups excluding carboxylic acids is 1. The Bertz CT molecular complexity index is 814. The maximum Gasteiger partial charge on any atom is 0.341 e. The van der Waals surface area contributed by atoms with E-state index in [1.807, 2.05) is 6.92 Å². The first-order valence-electron chi connectivity index (χ1n) is 6.78. The molecule has 112 valence electrons. The lowest BCUT2D eigenvalue weighted by Gasteiger charge is -2.09. The van der Waals surface area contributed by atoms with Crippen molar-refractivity contribution in [1.29, 1.82) is 0 Å². The first-order chi connectivity index (χ1) is 10.7. The van der Waals surface area contributed by atoms with Gasteiger partial charge in [-0.2, -0.15) is 10.1 Å². The molecule has 6 nitrogen and oxygen atoms in total. The molecule has 0 aliphatic rings. The fraction of sp³-hybridized carbons (Fsp3) is 0.200. The highest BCUT2D eigenvalue weighted by Gasteiger charge is 2.17. The number of hydrogen-bond acceptors (Lipinski definition) is 5. The highest BCUT2D eigenvalue weighted by atomic mass is 19.1. The third-order valence-electron chi connectivity index (χ3n) is 3.24. The van der Waals surface area contributed by atoms with Gasteiger partial charge in [-0.15, -0.1) is 0 Å². The Kier molecular flexibility index (Phi) is 3.78. The molecule has 0 N–H and O–H groups in total. The molecule has 0 aliphatic heterocycles. The lowest BCUT2D eigenvalue weighted by atomic mass is 10.2. The molecule has 0 saturated heterocycles. The minimum atomic E-state index is -0.494. The van der Waals surface area contributed by atoms with Crippen LogP contribution in [0.5, 0.6) is 0 Å². The van der Waals surface area contributed by atoms with E-state index in [1.54, 1.807) is 12.1 Å². The van der Waals surface area contributed by atoms with Gasteiger partial charge in [0.25, 0.3) is 5.78 Å². The van der Waals surface area contributed by atoms with E-state index in [4.69, 9.17) is 4.74 Å². The van der Waals surface area contributed by atoms with Crippen molar-refractivity contribution in [2.24, 2.45) is 0 Å². The van der Waals surface area contributed by atoms with Crippen LogP contribution in [-0.4, -0.2) is 25.6 Å². The average molecular weight is 300 g/mol. The van der Waals surface area contributed by atoms with E-state index in [1.165, 1.54) is 29.2 Å². The zero-order valence-corrected chi connectivity index (χ0v) is 11.9. The number of carbonyl (C=O) groups is 1. The number of aromatic nitrogens is 4. The van der Waals surface area contributed by atoms with Gasteiger partial charge in [-0.1, -0.05) is 19.1 Å². The summed E-state index contributed by atoms with van der Waals surface area (Å²) in [5, 5.41) is 4.05. The Balaban J connectivity index is 1.81. The molecule has 0 amide bonds. The van der Waals surface area contributed by atoms with Crippen LogP contribution in [0.15, 0.2) is 36.8 Å². The lowest BCUT2D eigenvalue weighted by Crippen LogP contribution is -2.13. The number of benzene rings is 1. The number of aryl methyl sites for hydroxylation is 1. The van der Waals surface area contributed by atoms with Crippen molar-refractivity contribution >= 4 is 11.7 Å². The first-order valence-corrected chi connectivity index (χ1v) is 6.78. The van der Waals surface area contributed by atoms with Gasteiger partial charge in [-0.25, -0.2) is 18.7 Å². The molecule has 0 atom stereocenters. The van der Waals surface area contributed by atoms with Gasteiger partial charge in [0.05, 0.1) is 11.3 Å². The first kappa shape index (κ1) is 14.1. The molecule has 2 aromatic heterocycles. The largest absolute Gasteiger partial charge is 0.457 e. The maximum absolute atomic E-state index is 12.8. The van der Waals surface area contributed by atoms with E-state index in [-0.39, 0.29) is 12.4 Å². The predicted molar refractivity (Wildman–Crippen MR) is 75.7 cm³/mol. The van der Waals surface area contributed by atoms with Gasteiger partial charge in [0, 0.05) is 6.20 Å². The van der Waals surface area contributed by atoms with Gasteiger partial charge in [-0.05, 0) is 24.1 Å². The van der Waals surface area contributed by atoms with Crippen LogP contribution in [0.25, 0.3) is 5.78 Å². The summed E-state index contributed by atoms with van der Waals surface area (Å²) < 4.78 is 19.6. The summed E-state index contributed by atoms with van der Waals surface area (Å²) >= 11 is 0. The fourth-order valence-corrected chi connectivity index (χ4v) is 2.14. The molecule has 0 saturated carbocycles. The molecule has 22 heavy (non-hydrogen) atoms. The molecule has 0 aliphatic carbocycles. The summed E-state index contributed by atoms with van der Waals surface area (Å²) in [6.07, 6.45) is 3.41. The van der Waals surface area contributed by atoms with Crippen LogP contribution in [0.3, 0.4) is 0 Å². The van der Waals surface area contributed by atoms with Crippen LogP contribution in [0.1, 0.15) is 28.5 Å². The van der Waals surface area contributed by atoms with Crippen molar-refractivity contribution in [3.8, 4) is 0 Å². The average Bonchev–Trinajstić information content (AvgIpc) is 3.01. The van der Waals surface area contributed by atoms with Gasteiger partial charge < -0.3 is 4.74 Å². The van der Waals surface area contributed by atoms with Crippen LogP contribution in [0, 0.1) is 5.82 Å². The summed E-state index contributed by atoms with van der Waals surface area (Å²) in [7, 11) is 0. The summed E-state index contributed by atoms with van der Waals surface area (Å²) in [6.45, 7) is 1.98. The highest BCUT2D eigenvalue weighted by molar-refractivity contribution is 5.90. The van der Waals surface area contributed by atoms with E-state index in [9.17, 15) is 9.18 Å². The number of esters is 1. The van der Waals surface area contributed by atoms with E-state index in [0.29, 0.717) is 29.0 Å². The molecule has 3 aromatic rings. The third kappa shape index (κ3) is 2.65. The Hall–Kier alpha value is -2.83. The van der Waals surface area contributed by atoms with Gasteiger partial charge >= 0.3 is 5.97 Å². The van der Waals surface area contributed by atoms with Gasteiger partial charge in [0.15, 0.2) is 0 Å². The van der Waals surface area contributed by atoms with Crippen LogP contribution >= 0.6 is 0 Å². The maximum atomic E-state index is 12.8. The normalized spacial score (nSPS) is 10.8. The van der Waals surface area contributed by atoms with Gasteiger partial charge in [0.2, 0.25) is 0 Å². The third-order valence-corrected chi connectivity index (χ3v) is 3.24. The van der Waals surface area contributed by atoms with Crippen molar-refractivity contribution in [1.82, 2.24) is 19.6 Å². The monoisotopic (exact) mass is 300 g/mol. The minimum Gasteiger partial charge on any atom is -0.457 e.